The Hall–Kier alpha value is -0.430. The van der Waals surface area contributed by atoms with Crippen LogP contribution in [-0.4, -0.2) is 26.2 Å². The van der Waals surface area contributed by atoms with Gasteiger partial charge in [0.05, 0.1) is 6.10 Å². The van der Waals surface area contributed by atoms with Gasteiger partial charge in [-0.2, -0.15) is 0 Å². The molecule has 1 rings (SSSR count). The maximum absolute atomic E-state index is 12.1. The van der Waals surface area contributed by atoms with Gasteiger partial charge in [0.25, 0.3) is 0 Å². The lowest BCUT2D eigenvalue weighted by atomic mass is 9.87. The zero-order chi connectivity index (χ0) is 14.7. The molecule has 0 radical (unpaired) electrons. The van der Waals surface area contributed by atoms with Crippen molar-refractivity contribution in [3.63, 3.8) is 0 Å². The summed E-state index contributed by atoms with van der Waals surface area (Å²) in [6.45, 7) is 7.91. The van der Waals surface area contributed by atoms with Gasteiger partial charge in [0.2, 0.25) is 10.0 Å². The molecule has 0 saturated carbocycles. The molecule has 6 heteroatoms. The highest BCUT2D eigenvalue weighted by Crippen LogP contribution is 2.25. The topological polar surface area (TPSA) is 66.4 Å². The Morgan fingerprint density at radius 2 is 2.05 bits per heavy atom. The molecule has 4 nitrogen and oxygen atoms in total. The lowest BCUT2D eigenvalue weighted by molar-refractivity contribution is 0.131. The van der Waals surface area contributed by atoms with Crippen LogP contribution in [0.3, 0.4) is 0 Å². The molecule has 0 amide bonds. The van der Waals surface area contributed by atoms with Crippen molar-refractivity contribution < 1.29 is 13.5 Å². The van der Waals surface area contributed by atoms with E-state index in [9.17, 15) is 13.5 Å². The summed E-state index contributed by atoms with van der Waals surface area (Å²) >= 11 is 1.30. The number of thiophene rings is 1. The molecule has 0 fully saturated rings. The van der Waals surface area contributed by atoms with Crippen LogP contribution in [0.1, 0.15) is 39.0 Å². The first-order chi connectivity index (χ1) is 8.66. The first-order valence-electron chi connectivity index (χ1n) is 6.43. The number of aliphatic hydroxyl groups excluding tert-OH is 1. The second-order valence-electron chi connectivity index (χ2n) is 5.62. The summed E-state index contributed by atoms with van der Waals surface area (Å²) in [6.07, 6.45) is 0.960. The summed E-state index contributed by atoms with van der Waals surface area (Å²) in [5.41, 5.74) is -0.272. The van der Waals surface area contributed by atoms with Crippen LogP contribution in [0.2, 0.25) is 0 Å². The van der Waals surface area contributed by atoms with Crippen molar-refractivity contribution in [2.24, 2.45) is 5.41 Å². The Balaban J connectivity index is 2.70. The van der Waals surface area contributed by atoms with E-state index in [1.165, 1.54) is 11.3 Å². The molecule has 1 heterocycles. The quantitative estimate of drug-likeness (QED) is 0.813. The molecule has 0 aromatic carbocycles. The minimum Gasteiger partial charge on any atom is -0.393 e. The van der Waals surface area contributed by atoms with E-state index < -0.39 is 16.1 Å². The number of aliphatic hydroxyl groups is 1. The average Bonchev–Trinajstić information content (AvgIpc) is 2.74. The number of hydrogen-bond donors (Lipinski definition) is 2. The van der Waals surface area contributed by atoms with Crippen molar-refractivity contribution in [1.82, 2.24) is 4.72 Å². The zero-order valence-corrected chi connectivity index (χ0v) is 13.6. The number of sulfonamides is 1. The molecule has 1 aromatic heterocycles. The Morgan fingerprint density at radius 1 is 1.42 bits per heavy atom. The van der Waals surface area contributed by atoms with Crippen LogP contribution >= 0.6 is 11.3 Å². The van der Waals surface area contributed by atoms with Crippen LogP contribution < -0.4 is 4.72 Å². The van der Waals surface area contributed by atoms with Gasteiger partial charge >= 0.3 is 0 Å². The molecule has 0 saturated heterocycles. The molecule has 1 unspecified atom stereocenters. The summed E-state index contributed by atoms with van der Waals surface area (Å²) in [6, 6.07) is 3.49. The molecule has 2 N–H and O–H groups in total. The smallest absolute Gasteiger partial charge is 0.250 e. The SMILES string of the molecule is CCc1ccc(S(=O)(=O)NCC(C)(C)CC(C)O)s1. The molecule has 1 aromatic rings. The van der Waals surface area contributed by atoms with Gasteiger partial charge in [-0.1, -0.05) is 20.8 Å². The molecule has 0 bridgehead atoms. The first-order valence-corrected chi connectivity index (χ1v) is 8.73. The molecule has 0 aliphatic rings. The van der Waals surface area contributed by atoms with Crippen molar-refractivity contribution in [3.05, 3.63) is 17.0 Å². The number of nitrogens with one attached hydrogen (secondary N) is 1. The molecule has 0 aliphatic carbocycles. The van der Waals surface area contributed by atoms with Gasteiger partial charge in [-0.25, -0.2) is 13.1 Å². The van der Waals surface area contributed by atoms with E-state index in [0.717, 1.165) is 11.3 Å². The second kappa shape index (κ2) is 6.35. The van der Waals surface area contributed by atoms with Gasteiger partial charge in [0.15, 0.2) is 0 Å². The summed E-state index contributed by atoms with van der Waals surface area (Å²) < 4.78 is 27.2. The third-order valence-electron chi connectivity index (χ3n) is 2.84. The molecule has 0 aliphatic heterocycles. The lowest BCUT2D eigenvalue weighted by Crippen LogP contribution is -2.35. The normalized spacial score (nSPS) is 14.6. The van der Waals surface area contributed by atoms with Crippen molar-refractivity contribution >= 4 is 21.4 Å². The van der Waals surface area contributed by atoms with E-state index in [4.69, 9.17) is 0 Å². The minimum atomic E-state index is -3.43. The summed E-state index contributed by atoms with van der Waals surface area (Å²) in [5, 5.41) is 9.39. The highest BCUT2D eigenvalue weighted by atomic mass is 32.2. The Labute approximate surface area is 119 Å². The van der Waals surface area contributed by atoms with Crippen molar-refractivity contribution in [1.29, 1.82) is 0 Å². The Kier molecular flexibility index (Phi) is 5.55. The van der Waals surface area contributed by atoms with Crippen LogP contribution in [-0.2, 0) is 16.4 Å². The van der Waals surface area contributed by atoms with E-state index in [1.807, 2.05) is 26.8 Å². The fourth-order valence-electron chi connectivity index (χ4n) is 1.93. The highest BCUT2D eigenvalue weighted by Gasteiger charge is 2.24. The number of hydrogen-bond acceptors (Lipinski definition) is 4. The maximum atomic E-state index is 12.1. The van der Waals surface area contributed by atoms with Crippen LogP contribution in [0, 0.1) is 5.41 Å². The van der Waals surface area contributed by atoms with Crippen LogP contribution in [0.4, 0.5) is 0 Å². The standard InChI is InChI=1S/C13H23NO3S2/c1-5-11-6-7-12(18-11)19(16,17)14-9-13(3,4)8-10(2)15/h6-7,10,14-15H,5,8-9H2,1-4H3. The summed E-state index contributed by atoms with van der Waals surface area (Å²) in [7, 11) is -3.43. The van der Waals surface area contributed by atoms with Crippen LogP contribution in [0.5, 0.6) is 0 Å². The molecular weight excluding hydrogens is 282 g/mol. The van der Waals surface area contributed by atoms with E-state index in [0.29, 0.717) is 17.2 Å². The molecule has 1 atom stereocenters. The van der Waals surface area contributed by atoms with Gasteiger partial charge in [-0.15, -0.1) is 11.3 Å². The van der Waals surface area contributed by atoms with Crippen molar-refractivity contribution in [2.75, 3.05) is 6.54 Å². The van der Waals surface area contributed by atoms with Gasteiger partial charge in [0, 0.05) is 11.4 Å². The fourth-order valence-corrected chi connectivity index (χ4v) is 4.51. The first kappa shape index (κ1) is 16.6. The second-order valence-corrected chi connectivity index (χ2v) is 8.78. The van der Waals surface area contributed by atoms with Crippen molar-refractivity contribution in [3.8, 4) is 0 Å². The van der Waals surface area contributed by atoms with E-state index in [2.05, 4.69) is 4.72 Å². The van der Waals surface area contributed by atoms with Gasteiger partial charge in [-0.3, -0.25) is 0 Å². The molecule has 0 spiro atoms. The third-order valence-corrected chi connectivity index (χ3v) is 5.96. The van der Waals surface area contributed by atoms with Crippen molar-refractivity contribution in [2.45, 2.75) is 50.8 Å². The van der Waals surface area contributed by atoms with Gasteiger partial charge in [-0.05, 0) is 37.3 Å². The zero-order valence-electron chi connectivity index (χ0n) is 11.9. The van der Waals surface area contributed by atoms with E-state index >= 15 is 0 Å². The summed E-state index contributed by atoms with van der Waals surface area (Å²) in [4.78, 5) is 1.06. The maximum Gasteiger partial charge on any atom is 0.250 e. The largest absolute Gasteiger partial charge is 0.393 e. The molecule has 19 heavy (non-hydrogen) atoms. The fraction of sp³-hybridized carbons (Fsp3) is 0.692. The number of rotatable bonds is 7. The molecule has 110 valence electrons. The Bertz CT molecular complexity index is 504. The van der Waals surface area contributed by atoms with Crippen LogP contribution in [0.25, 0.3) is 0 Å². The Morgan fingerprint density at radius 3 is 2.53 bits per heavy atom. The predicted molar refractivity (Wildman–Crippen MR) is 79.0 cm³/mol. The third kappa shape index (κ3) is 5.22. The van der Waals surface area contributed by atoms with E-state index in [1.54, 1.807) is 13.0 Å². The molecular formula is C13H23NO3S2. The predicted octanol–water partition coefficient (Wildman–Crippen LogP) is 2.39. The van der Waals surface area contributed by atoms with Gasteiger partial charge in [0.1, 0.15) is 4.21 Å². The monoisotopic (exact) mass is 305 g/mol. The van der Waals surface area contributed by atoms with E-state index in [-0.39, 0.29) is 5.41 Å². The summed E-state index contributed by atoms with van der Waals surface area (Å²) in [5.74, 6) is 0. The minimum absolute atomic E-state index is 0.272. The van der Waals surface area contributed by atoms with Crippen LogP contribution in [0.15, 0.2) is 16.3 Å². The lowest BCUT2D eigenvalue weighted by Gasteiger charge is -2.26. The van der Waals surface area contributed by atoms with Gasteiger partial charge < -0.3 is 5.11 Å². The average molecular weight is 305 g/mol. The number of aryl methyl sites for hydroxylation is 1. The highest BCUT2D eigenvalue weighted by molar-refractivity contribution is 7.91.